The van der Waals surface area contributed by atoms with Crippen molar-refractivity contribution in [2.45, 2.75) is 5.92 Å². The molecular formula is C10H10F2N2O. The van der Waals surface area contributed by atoms with Crippen LogP contribution in [0.4, 0.5) is 8.78 Å². The van der Waals surface area contributed by atoms with Gasteiger partial charge in [0.25, 0.3) is 5.92 Å². The van der Waals surface area contributed by atoms with Crippen LogP contribution in [0.3, 0.4) is 0 Å². The smallest absolute Gasteiger partial charge is 0.297 e. The van der Waals surface area contributed by atoms with Gasteiger partial charge in [0.2, 0.25) is 0 Å². The first-order chi connectivity index (χ1) is 7.06. The normalized spacial score (nSPS) is 12.3. The molecule has 2 aromatic rings. The van der Waals surface area contributed by atoms with Gasteiger partial charge in [-0.25, -0.2) is 4.98 Å². The van der Waals surface area contributed by atoms with E-state index >= 15 is 0 Å². The SMILES string of the molecule is Cn1cc(C(F)(F)CO)c2cccnc21. The van der Waals surface area contributed by atoms with E-state index in [1.807, 2.05) is 0 Å². The fourth-order valence-electron chi connectivity index (χ4n) is 1.59. The van der Waals surface area contributed by atoms with Crippen molar-refractivity contribution in [3.63, 3.8) is 0 Å². The highest BCUT2D eigenvalue weighted by atomic mass is 19.3. The Kier molecular flexibility index (Phi) is 2.19. The molecule has 1 N–H and O–H groups in total. The monoisotopic (exact) mass is 212 g/mol. The van der Waals surface area contributed by atoms with Crippen LogP contribution in [0.5, 0.6) is 0 Å². The van der Waals surface area contributed by atoms with Crippen LogP contribution in [0.2, 0.25) is 0 Å². The molecule has 0 aromatic carbocycles. The zero-order chi connectivity index (χ0) is 11.1. The topological polar surface area (TPSA) is 38.0 Å². The van der Waals surface area contributed by atoms with Gasteiger partial charge in [-0.05, 0) is 12.1 Å². The molecule has 2 rings (SSSR count). The van der Waals surface area contributed by atoms with E-state index < -0.39 is 12.5 Å². The maximum Gasteiger partial charge on any atom is 0.297 e. The molecule has 2 heterocycles. The van der Waals surface area contributed by atoms with Gasteiger partial charge in [-0.15, -0.1) is 0 Å². The molecule has 0 radical (unpaired) electrons. The number of aliphatic hydroxyl groups excluding tert-OH is 1. The molecule has 0 aliphatic rings. The van der Waals surface area contributed by atoms with Crippen LogP contribution in [-0.4, -0.2) is 21.3 Å². The average molecular weight is 212 g/mol. The Labute approximate surface area is 85.0 Å². The van der Waals surface area contributed by atoms with Gasteiger partial charge in [0.15, 0.2) is 0 Å². The number of pyridine rings is 1. The number of aliphatic hydroxyl groups is 1. The van der Waals surface area contributed by atoms with Crippen molar-refractivity contribution < 1.29 is 13.9 Å². The zero-order valence-electron chi connectivity index (χ0n) is 8.11. The summed E-state index contributed by atoms with van der Waals surface area (Å²) in [5, 5.41) is 9.01. The maximum absolute atomic E-state index is 13.3. The van der Waals surface area contributed by atoms with Crippen LogP contribution in [0.1, 0.15) is 5.56 Å². The summed E-state index contributed by atoms with van der Waals surface area (Å²) < 4.78 is 28.2. The molecule has 15 heavy (non-hydrogen) atoms. The first-order valence-corrected chi connectivity index (χ1v) is 4.45. The first kappa shape index (κ1) is 10.0. The Balaban J connectivity index is 2.72. The minimum Gasteiger partial charge on any atom is -0.390 e. The lowest BCUT2D eigenvalue weighted by Crippen LogP contribution is -2.17. The highest BCUT2D eigenvalue weighted by molar-refractivity contribution is 5.81. The Hall–Kier alpha value is -1.49. The number of aryl methyl sites for hydroxylation is 1. The van der Waals surface area contributed by atoms with Crippen molar-refractivity contribution in [2.75, 3.05) is 6.61 Å². The Bertz CT molecular complexity index is 493. The fourth-order valence-corrected chi connectivity index (χ4v) is 1.59. The molecule has 0 bridgehead atoms. The highest BCUT2D eigenvalue weighted by Crippen LogP contribution is 2.33. The van der Waals surface area contributed by atoms with E-state index in [2.05, 4.69) is 4.98 Å². The molecule has 0 aliphatic carbocycles. The van der Waals surface area contributed by atoms with Gasteiger partial charge < -0.3 is 9.67 Å². The minimum atomic E-state index is -3.22. The van der Waals surface area contributed by atoms with E-state index in [1.54, 1.807) is 25.4 Å². The van der Waals surface area contributed by atoms with E-state index in [9.17, 15) is 8.78 Å². The third kappa shape index (κ3) is 1.48. The number of alkyl halides is 2. The Morgan fingerprint density at radius 3 is 2.93 bits per heavy atom. The molecule has 0 unspecified atom stereocenters. The summed E-state index contributed by atoms with van der Waals surface area (Å²) >= 11 is 0. The van der Waals surface area contributed by atoms with Gasteiger partial charge in [-0.1, -0.05) is 0 Å². The maximum atomic E-state index is 13.3. The van der Waals surface area contributed by atoms with Crippen LogP contribution in [0.15, 0.2) is 24.5 Å². The van der Waals surface area contributed by atoms with Gasteiger partial charge in [0.05, 0.1) is 5.56 Å². The lowest BCUT2D eigenvalue weighted by molar-refractivity contribution is -0.0544. The number of rotatable bonds is 2. The number of halogens is 2. The molecular weight excluding hydrogens is 202 g/mol. The van der Waals surface area contributed by atoms with Gasteiger partial charge in [0, 0.05) is 24.8 Å². The molecule has 0 atom stereocenters. The number of hydrogen-bond acceptors (Lipinski definition) is 2. The molecule has 2 aromatic heterocycles. The van der Waals surface area contributed by atoms with E-state index in [1.165, 1.54) is 10.8 Å². The lowest BCUT2D eigenvalue weighted by atomic mass is 10.1. The molecule has 5 heteroatoms. The van der Waals surface area contributed by atoms with Gasteiger partial charge in [-0.3, -0.25) is 0 Å². The van der Waals surface area contributed by atoms with Crippen LogP contribution < -0.4 is 0 Å². The van der Waals surface area contributed by atoms with Crippen LogP contribution in [-0.2, 0) is 13.0 Å². The first-order valence-electron chi connectivity index (χ1n) is 4.45. The molecule has 0 spiro atoms. The third-order valence-corrected chi connectivity index (χ3v) is 2.33. The summed E-state index contributed by atoms with van der Waals surface area (Å²) in [6.45, 7) is -1.19. The van der Waals surface area contributed by atoms with Crippen LogP contribution in [0, 0.1) is 0 Å². The number of nitrogens with zero attached hydrogens (tertiary/aromatic N) is 2. The summed E-state index contributed by atoms with van der Waals surface area (Å²) in [6, 6.07) is 3.17. The standard InChI is InChI=1S/C10H10F2N2O/c1-14-5-8(10(11,12)6-15)7-3-2-4-13-9(7)14/h2-5,15H,6H2,1H3. The number of aromatic nitrogens is 2. The van der Waals surface area contributed by atoms with Crippen molar-refractivity contribution in [1.82, 2.24) is 9.55 Å². The predicted octanol–water partition coefficient (Wildman–Crippen LogP) is 1.66. The van der Waals surface area contributed by atoms with Crippen molar-refractivity contribution in [2.24, 2.45) is 7.05 Å². The second-order valence-electron chi connectivity index (χ2n) is 3.39. The number of hydrogen-bond donors (Lipinski definition) is 1. The van der Waals surface area contributed by atoms with E-state index in [-0.39, 0.29) is 5.56 Å². The molecule has 3 nitrogen and oxygen atoms in total. The molecule has 0 saturated heterocycles. The second-order valence-corrected chi connectivity index (χ2v) is 3.39. The molecule has 0 fully saturated rings. The summed E-state index contributed by atoms with van der Waals surface area (Å²) in [4.78, 5) is 4.00. The van der Waals surface area contributed by atoms with Crippen molar-refractivity contribution in [3.8, 4) is 0 Å². The highest BCUT2D eigenvalue weighted by Gasteiger charge is 2.34. The summed E-state index contributed by atoms with van der Waals surface area (Å²) in [6.07, 6.45) is 2.84. The van der Waals surface area contributed by atoms with Gasteiger partial charge >= 0.3 is 0 Å². The summed E-state index contributed by atoms with van der Waals surface area (Å²) in [5.74, 6) is -3.22. The average Bonchev–Trinajstić information content (AvgIpc) is 2.58. The molecule has 0 amide bonds. The van der Waals surface area contributed by atoms with Gasteiger partial charge in [0.1, 0.15) is 12.3 Å². The lowest BCUT2D eigenvalue weighted by Gasteiger charge is -2.11. The van der Waals surface area contributed by atoms with E-state index in [4.69, 9.17) is 5.11 Å². The fraction of sp³-hybridized carbons (Fsp3) is 0.300. The van der Waals surface area contributed by atoms with Crippen molar-refractivity contribution >= 4 is 11.0 Å². The summed E-state index contributed by atoms with van der Waals surface area (Å²) in [7, 11) is 1.65. The molecule has 0 aliphatic heterocycles. The number of fused-ring (bicyclic) bond motifs is 1. The zero-order valence-corrected chi connectivity index (χ0v) is 8.11. The Morgan fingerprint density at radius 2 is 2.27 bits per heavy atom. The second kappa shape index (κ2) is 3.27. The van der Waals surface area contributed by atoms with Crippen LogP contribution in [0.25, 0.3) is 11.0 Å². The van der Waals surface area contributed by atoms with E-state index in [0.29, 0.717) is 11.0 Å². The predicted molar refractivity (Wildman–Crippen MR) is 51.7 cm³/mol. The molecule has 80 valence electrons. The minimum absolute atomic E-state index is 0.185. The largest absolute Gasteiger partial charge is 0.390 e. The quantitative estimate of drug-likeness (QED) is 0.822. The van der Waals surface area contributed by atoms with Gasteiger partial charge in [-0.2, -0.15) is 8.78 Å². The van der Waals surface area contributed by atoms with Crippen molar-refractivity contribution in [1.29, 1.82) is 0 Å². The molecule has 0 saturated carbocycles. The summed E-state index contributed by atoms with van der Waals surface area (Å²) in [5.41, 5.74) is 0.302. The Morgan fingerprint density at radius 1 is 1.53 bits per heavy atom. The third-order valence-electron chi connectivity index (χ3n) is 2.33. The van der Waals surface area contributed by atoms with E-state index in [0.717, 1.165) is 0 Å². The van der Waals surface area contributed by atoms with Crippen molar-refractivity contribution in [3.05, 3.63) is 30.1 Å². The van der Waals surface area contributed by atoms with Crippen LogP contribution >= 0.6 is 0 Å².